The van der Waals surface area contributed by atoms with Gasteiger partial charge in [0.05, 0.1) is 17.8 Å². The van der Waals surface area contributed by atoms with Crippen LogP contribution in [-0.4, -0.2) is 24.5 Å². The molecular formula is C17H22N2O2S. The number of aryl methyl sites for hydroxylation is 3. The molecule has 118 valence electrons. The average Bonchev–Trinajstić information content (AvgIpc) is 2.84. The van der Waals surface area contributed by atoms with Gasteiger partial charge in [-0.05, 0) is 38.0 Å². The molecule has 0 saturated heterocycles. The molecule has 22 heavy (non-hydrogen) atoms. The Labute approximate surface area is 135 Å². The molecule has 0 atom stereocenters. The summed E-state index contributed by atoms with van der Waals surface area (Å²) in [6, 6.07) is 7.83. The number of thiazole rings is 1. The number of ether oxygens (including phenoxy) is 1. The van der Waals surface area contributed by atoms with E-state index >= 15 is 0 Å². The molecule has 0 fully saturated rings. The topological polar surface area (TPSA) is 51.2 Å². The maximum Gasteiger partial charge on any atom is 0.220 e. The molecule has 2 aromatic rings. The lowest BCUT2D eigenvalue weighted by Crippen LogP contribution is -2.25. The Morgan fingerprint density at radius 1 is 1.32 bits per heavy atom. The zero-order valence-corrected chi connectivity index (χ0v) is 14.1. The highest BCUT2D eigenvalue weighted by molar-refractivity contribution is 7.11. The normalized spacial score (nSPS) is 10.5. The van der Waals surface area contributed by atoms with Crippen LogP contribution in [0.2, 0.25) is 0 Å². The van der Waals surface area contributed by atoms with Gasteiger partial charge in [0.1, 0.15) is 5.75 Å². The quantitative estimate of drug-likeness (QED) is 0.853. The zero-order valence-electron chi connectivity index (χ0n) is 13.3. The van der Waals surface area contributed by atoms with Crippen molar-refractivity contribution in [3.63, 3.8) is 0 Å². The Bertz CT molecular complexity index is 618. The largest absolute Gasteiger partial charge is 0.497 e. The van der Waals surface area contributed by atoms with Crippen LogP contribution in [0.4, 0.5) is 0 Å². The Hall–Kier alpha value is -1.88. The number of benzene rings is 1. The smallest absolute Gasteiger partial charge is 0.220 e. The average molecular weight is 318 g/mol. The molecule has 0 bridgehead atoms. The Morgan fingerprint density at radius 2 is 2.14 bits per heavy atom. The van der Waals surface area contributed by atoms with Gasteiger partial charge in [-0.3, -0.25) is 4.79 Å². The van der Waals surface area contributed by atoms with Crippen molar-refractivity contribution in [1.82, 2.24) is 10.3 Å². The van der Waals surface area contributed by atoms with Crippen LogP contribution >= 0.6 is 11.3 Å². The fraction of sp³-hybridized carbons (Fsp3) is 0.412. The van der Waals surface area contributed by atoms with E-state index in [4.69, 9.17) is 4.74 Å². The third-order valence-corrected chi connectivity index (χ3v) is 4.64. The van der Waals surface area contributed by atoms with Gasteiger partial charge in [-0.1, -0.05) is 12.1 Å². The van der Waals surface area contributed by atoms with Gasteiger partial charge < -0.3 is 10.1 Å². The summed E-state index contributed by atoms with van der Waals surface area (Å²) in [5, 5.41) is 4.04. The molecular weight excluding hydrogens is 296 g/mol. The molecule has 1 N–H and O–H groups in total. The number of rotatable bonds is 7. The van der Waals surface area contributed by atoms with Crippen molar-refractivity contribution < 1.29 is 9.53 Å². The van der Waals surface area contributed by atoms with Crippen molar-refractivity contribution in [2.24, 2.45) is 0 Å². The van der Waals surface area contributed by atoms with Gasteiger partial charge in [-0.15, -0.1) is 11.3 Å². The maximum atomic E-state index is 11.9. The van der Waals surface area contributed by atoms with Crippen LogP contribution in [0.15, 0.2) is 24.3 Å². The van der Waals surface area contributed by atoms with E-state index in [9.17, 15) is 4.79 Å². The molecule has 0 aliphatic carbocycles. The summed E-state index contributed by atoms with van der Waals surface area (Å²) < 4.78 is 5.18. The monoisotopic (exact) mass is 318 g/mol. The number of carbonyl (C=O) groups excluding carboxylic acids is 1. The highest BCUT2D eigenvalue weighted by Crippen LogP contribution is 2.16. The second-order valence-electron chi connectivity index (χ2n) is 5.20. The van der Waals surface area contributed by atoms with Gasteiger partial charge in [0.15, 0.2) is 0 Å². The second kappa shape index (κ2) is 7.94. The Kier molecular flexibility index (Phi) is 5.95. The van der Waals surface area contributed by atoms with E-state index in [-0.39, 0.29) is 5.91 Å². The number of nitrogens with zero attached hydrogens (tertiary/aromatic N) is 1. The number of hydrogen-bond acceptors (Lipinski definition) is 4. The molecule has 0 radical (unpaired) electrons. The van der Waals surface area contributed by atoms with Crippen molar-refractivity contribution in [3.05, 3.63) is 45.4 Å². The Morgan fingerprint density at radius 3 is 2.82 bits per heavy atom. The fourth-order valence-corrected chi connectivity index (χ4v) is 3.06. The van der Waals surface area contributed by atoms with Crippen molar-refractivity contribution in [3.8, 4) is 5.75 Å². The first kappa shape index (κ1) is 16.5. The first-order valence-corrected chi connectivity index (χ1v) is 8.22. The van der Waals surface area contributed by atoms with Crippen LogP contribution < -0.4 is 10.1 Å². The minimum atomic E-state index is 0.0767. The summed E-state index contributed by atoms with van der Waals surface area (Å²) in [6.45, 7) is 4.73. The van der Waals surface area contributed by atoms with Crippen molar-refractivity contribution in [2.75, 3.05) is 13.7 Å². The first-order chi connectivity index (χ1) is 10.6. The van der Waals surface area contributed by atoms with Crippen molar-refractivity contribution in [1.29, 1.82) is 0 Å². The summed E-state index contributed by atoms with van der Waals surface area (Å²) >= 11 is 1.70. The van der Waals surface area contributed by atoms with E-state index < -0.39 is 0 Å². The lowest BCUT2D eigenvalue weighted by Gasteiger charge is -2.06. The van der Waals surface area contributed by atoms with Gasteiger partial charge in [0, 0.05) is 24.3 Å². The lowest BCUT2D eigenvalue weighted by molar-refractivity contribution is -0.121. The van der Waals surface area contributed by atoms with E-state index in [1.807, 2.05) is 31.2 Å². The van der Waals surface area contributed by atoms with Crippen molar-refractivity contribution >= 4 is 17.2 Å². The predicted molar refractivity (Wildman–Crippen MR) is 89.6 cm³/mol. The molecule has 1 heterocycles. The SMILES string of the molecule is COc1cccc(CCC(=O)NCCc2nc(C)c(C)s2)c1. The van der Waals surface area contributed by atoms with Gasteiger partial charge in [0.2, 0.25) is 5.91 Å². The van der Waals surface area contributed by atoms with Gasteiger partial charge in [-0.25, -0.2) is 4.98 Å². The van der Waals surface area contributed by atoms with E-state index in [1.165, 1.54) is 4.88 Å². The number of methoxy groups -OCH3 is 1. The molecule has 1 aromatic heterocycles. The van der Waals surface area contributed by atoms with E-state index in [1.54, 1.807) is 18.4 Å². The van der Waals surface area contributed by atoms with Crippen LogP contribution in [0.5, 0.6) is 5.75 Å². The molecule has 0 saturated carbocycles. The highest BCUT2D eigenvalue weighted by Gasteiger charge is 2.06. The number of nitrogens with one attached hydrogen (secondary N) is 1. The summed E-state index contributed by atoms with van der Waals surface area (Å²) in [5.41, 5.74) is 2.20. The molecule has 0 unspecified atom stereocenters. The number of amides is 1. The summed E-state index contributed by atoms with van der Waals surface area (Å²) in [7, 11) is 1.65. The van der Waals surface area contributed by atoms with Crippen LogP contribution in [-0.2, 0) is 17.6 Å². The fourth-order valence-electron chi connectivity index (χ4n) is 2.13. The molecule has 0 spiro atoms. The third-order valence-electron chi connectivity index (χ3n) is 3.51. The van der Waals surface area contributed by atoms with Gasteiger partial charge >= 0.3 is 0 Å². The third kappa shape index (κ3) is 4.84. The predicted octanol–water partition coefficient (Wildman–Crippen LogP) is 3.06. The number of carbonyl (C=O) groups is 1. The second-order valence-corrected chi connectivity index (χ2v) is 6.49. The zero-order chi connectivity index (χ0) is 15.9. The van der Waals surface area contributed by atoms with Gasteiger partial charge in [0.25, 0.3) is 0 Å². The number of hydrogen-bond donors (Lipinski definition) is 1. The molecule has 5 heteroatoms. The molecule has 1 amide bonds. The van der Waals surface area contributed by atoms with E-state index in [0.29, 0.717) is 13.0 Å². The van der Waals surface area contributed by atoms with Crippen molar-refractivity contribution in [2.45, 2.75) is 33.1 Å². The molecule has 0 aliphatic heterocycles. The maximum absolute atomic E-state index is 11.9. The van der Waals surface area contributed by atoms with E-state index in [0.717, 1.165) is 34.9 Å². The van der Waals surface area contributed by atoms with Crippen LogP contribution in [0.25, 0.3) is 0 Å². The highest BCUT2D eigenvalue weighted by atomic mass is 32.1. The van der Waals surface area contributed by atoms with Crippen LogP contribution in [0.1, 0.15) is 27.6 Å². The van der Waals surface area contributed by atoms with Crippen LogP contribution in [0, 0.1) is 13.8 Å². The lowest BCUT2D eigenvalue weighted by atomic mass is 10.1. The van der Waals surface area contributed by atoms with Gasteiger partial charge in [-0.2, -0.15) is 0 Å². The minimum absolute atomic E-state index is 0.0767. The van der Waals surface area contributed by atoms with Crippen LogP contribution in [0.3, 0.4) is 0 Å². The molecule has 1 aromatic carbocycles. The summed E-state index contributed by atoms with van der Waals surface area (Å²) in [6.07, 6.45) is 2.01. The summed E-state index contributed by atoms with van der Waals surface area (Å²) in [4.78, 5) is 17.6. The molecule has 4 nitrogen and oxygen atoms in total. The minimum Gasteiger partial charge on any atom is -0.497 e. The number of aromatic nitrogens is 1. The molecule has 0 aliphatic rings. The Balaban J connectivity index is 1.71. The van der Waals surface area contributed by atoms with E-state index in [2.05, 4.69) is 17.2 Å². The standard InChI is InChI=1S/C17H22N2O2S/c1-12-13(2)22-17(19-12)9-10-18-16(20)8-7-14-5-4-6-15(11-14)21-3/h4-6,11H,7-10H2,1-3H3,(H,18,20). The molecule has 2 rings (SSSR count). The first-order valence-electron chi connectivity index (χ1n) is 7.41. The summed E-state index contributed by atoms with van der Waals surface area (Å²) in [5.74, 6) is 0.903.